The topological polar surface area (TPSA) is 33.6 Å². The Bertz CT molecular complexity index is 961. The van der Waals surface area contributed by atoms with Crippen molar-refractivity contribution in [1.82, 2.24) is 14.8 Å². The van der Waals surface area contributed by atoms with E-state index in [0.29, 0.717) is 5.92 Å². The highest BCUT2D eigenvalue weighted by atomic mass is 31.0. The number of hydrogen-bond acceptors (Lipinski definition) is 1. The van der Waals surface area contributed by atoms with Crippen LogP contribution in [0.2, 0.25) is 0 Å². The van der Waals surface area contributed by atoms with Gasteiger partial charge >= 0.3 is 0 Å². The molecule has 4 rings (SSSR count). The highest BCUT2D eigenvalue weighted by Gasteiger charge is 2.14. The van der Waals surface area contributed by atoms with Crippen molar-refractivity contribution in [2.75, 3.05) is 0 Å². The van der Waals surface area contributed by atoms with Crippen molar-refractivity contribution in [3.8, 4) is 5.69 Å². The monoisotopic (exact) mass is 307 g/mol. The molecule has 4 aromatic rings. The summed E-state index contributed by atoms with van der Waals surface area (Å²) in [6.45, 7) is 4.48. The lowest BCUT2D eigenvalue weighted by atomic mass is 10.1. The van der Waals surface area contributed by atoms with E-state index in [1.54, 1.807) is 0 Å². The molecule has 3 nitrogen and oxygen atoms in total. The van der Waals surface area contributed by atoms with Gasteiger partial charge in [-0.1, -0.05) is 26.0 Å². The Balaban J connectivity index is 2.08. The molecule has 1 N–H and O–H groups in total. The Morgan fingerprint density at radius 3 is 2.55 bits per heavy atom. The second kappa shape index (κ2) is 4.96. The van der Waals surface area contributed by atoms with Gasteiger partial charge < -0.3 is 4.57 Å². The zero-order valence-electron chi connectivity index (χ0n) is 12.7. The smallest absolute Gasteiger partial charge is 0.0657 e. The van der Waals surface area contributed by atoms with Gasteiger partial charge in [0.2, 0.25) is 0 Å². The van der Waals surface area contributed by atoms with Crippen molar-refractivity contribution in [2.45, 2.75) is 19.8 Å². The van der Waals surface area contributed by atoms with Crippen LogP contribution < -0.4 is 5.30 Å². The first kappa shape index (κ1) is 13.5. The minimum absolute atomic E-state index is 0.458. The molecular formula is C18H18N3P. The first-order chi connectivity index (χ1) is 10.6. The number of aromatic nitrogens is 3. The van der Waals surface area contributed by atoms with Crippen LogP contribution in [-0.4, -0.2) is 14.8 Å². The van der Waals surface area contributed by atoms with Gasteiger partial charge in [-0.3, -0.25) is 5.10 Å². The first-order valence-corrected chi connectivity index (χ1v) is 8.05. The average molecular weight is 307 g/mol. The summed E-state index contributed by atoms with van der Waals surface area (Å²) in [6.07, 6.45) is 1.88. The molecule has 0 bridgehead atoms. The second-order valence-electron chi connectivity index (χ2n) is 6.02. The standard InChI is InChI=1S/C18H18N3P/c1-11(2)17-8-12-7-16-13(10-19-20-16)9-18(12)21(17)14-3-5-15(22)6-4-14/h3-11H,22H2,1-2H3,(H,19,20). The van der Waals surface area contributed by atoms with Gasteiger partial charge in [-0.05, 0) is 41.6 Å². The van der Waals surface area contributed by atoms with Crippen molar-refractivity contribution >= 4 is 36.4 Å². The van der Waals surface area contributed by atoms with Gasteiger partial charge in [-0.15, -0.1) is 9.24 Å². The Hall–Kier alpha value is -2.12. The summed E-state index contributed by atoms with van der Waals surface area (Å²) in [7, 11) is 2.74. The van der Waals surface area contributed by atoms with E-state index in [9.17, 15) is 0 Å². The van der Waals surface area contributed by atoms with Crippen molar-refractivity contribution in [3.05, 3.63) is 54.4 Å². The van der Waals surface area contributed by atoms with Crippen molar-refractivity contribution < 1.29 is 0 Å². The average Bonchev–Trinajstić information content (AvgIpc) is 3.09. The van der Waals surface area contributed by atoms with Crippen molar-refractivity contribution in [2.24, 2.45) is 0 Å². The highest BCUT2D eigenvalue weighted by Crippen LogP contribution is 2.31. The Kier molecular flexibility index (Phi) is 3.05. The number of benzene rings is 2. The van der Waals surface area contributed by atoms with Crippen LogP contribution in [-0.2, 0) is 0 Å². The molecule has 0 saturated carbocycles. The molecule has 2 aromatic carbocycles. The Morgan fingerprint density at radius 2 is 1.82 bits per heavy atom. The first-order valence-electron chi connectivity index (χ1n) is 7.48. The molecule has 110 valence electrons. The quantitative estimate of drug-likeness (QED) is 0.555. The van der Waals surface area contributed by atoms with E-state index in [1.165, 1.54) is 27.6 Å². The third-order valence-electron chi connectivity index (χ3n) is 4.13. The number of nitrogens with one attached hydrogen (secondary N) is 1. The molecule has 0 spiro atoms. The van der Waals surface area contributed by atoms with Gasteiger partial charge in [0.15, 0.2) is 0 Å². The lowest BCUT2D eigenvalue weighted by Gasteiger charge is -2.13. The van der Waals surface area contributed by atoms with Gasteiger partial charge in [0.1, 0.15) is 0 Å². The molecule has 4 heteroatoms. The van der Waals surface area contributed by atoms with Gasteiger partial charge in [0, 0.05) is 22.2 Å². The van der Waals surface area contributed by atoms with Crippen LogP contribution in [0.1, 0.15) is 25.5 Å². The molecular weight excluding hydrogens is 289 g/mol. The van der Waals surface area contributed by atoms with Crippen LogP contribution in [0.5, 0.6) is 0 Å². The van der Waals surface area contributed by atoms with Crippen LogP contribution >= 0.6 is 9.24 Å². The Labute approximate surface area is 131 Å². The number of hydrogen-bond donors (Lipinski definition) is 1. The van der Waals surface area contributed by atoms with E-state index in [-0.39, 0.29) is 0 Å². The normalized spacial score (nSPS) is 11.8. The lowest BCUT2D eigenvalue weighted by Crippen LogP contribution is -2.02. The third kappa shape index (κ3) is 2.05. The Morgan fingerprint density at radius 1 is 1.05 bits per heavy atom. The predicted octanol–water partition coefficient (Wildman–Crippen LogP) is 4.13. The zero-order chi connectivity index (χ0) is 15.3. The maximum Gasteiger partial charge on any atom is 0.0657 e. The van der Waals surface area contributed by atoms with Gasteiger partial charge in [0.05, 0.1) is 17.2 Å². The molecule has 0 radical (unpaired) electrons. The fraction of sp³-hybridized carbons (Fsp3) is 0.167. The molecule has 2 aromatic heterocycles. The summed E-state index contributed by atoms with van der Waals surface area (Å²) in [5.41, 5.74) is 4.84. The third-order valence-corrected chi connectivity index (χ3v) is 4.52. The van der Waals surface area contributed by atoms with Crippen LogP contribution in [0.3, 0.4) is 0 Å². The molecule has 0 aliphatic heterocycles. The molecule has 1 atom stereocenters. The number of nitrogens with zero attached hydrogens (tertiary/aromatic N) is 2. The molecule has 0 aliphatic rings. The van der Waals surface area contributed by atoms with E-state index in [0.717, 1.165) is 10.9 Å². The van der Waals surface area contributed by atoms with Crippen molar-refractivity contribution in [1.29, 1.82) is 0 Å². The largest absolute Gasteiger partial charge is 0.313 e. The molecule has 1 unspecified atom stereocenters. The van der Waals surface area contributed by atoms with Gasteiger partial charge in [-0.25, -0.2) is 0 Å². The van der Waals surface area contributed by atoms with E-state index >= 15 is 0 Å². The molecule has 0 amide bonds. The fourth-order valence-electron chi connectivity index (χ4n) is 3.00. The maximum absolute atomic E-state index is 4.14. The summed E-state index contributed by atoms with van der Waals surface area (Å²) >= 11 is 0. The van der Waals surface area contributed by atoms with E-state index in [2.05, 4.69) is 80.3 Å². The van der Waals surface area contributed by atoms with Crippen LogP contribution in [0.4, 0.5) is 0 Å². The molecule has 2 heterocycles. The lowest BCUT2D eigenvalue weighted by molar-refractivity contribution is 0.796. The van der Waals surface area contributed by atoms with Crippen LogP contribution in [0, 0.1) is 0 Å². The van der Waals surface area contributed by atoms with E-state index < -0.39 is 0 Å². The highest BCUT2D eigenvalue weighted by molar-refractivity contribution is 7.27. The summed E-state index contributed by atoms with van der Waals surface area (Å²) < 4.78 is 2.36. The summed E-state index contributed by atoms with van der Waals surface area (Å²) in [4.78, 5) is 0. The predicted molar refractivity (Wildman–Crippen MR) is 96.4 cm³/mol. The van der Waals surface area contributed by atoms with Crippen molar-refractivity contribution in [3.63, 3.8) is 0 Å². The maximum atomic E-state index is 4.14. The number of rotatable bonds is 2. The molecule has 0 saturated heterocycles. The minimum Gasteiger partial charge on any atom is -0.313 e. The second-order valence-corrected chi connectivity index (χ2v) is 6.69. The molecule has 0 aliphatic carbocycles. The summed E-state index contributed by atoms with van der Waals surface area (Å²) in [5, 5.41) is 10.8. The van der Waals surface area contributed by atoms with Gasteiger partial charge in [-0.2, -0.15) is 5.10 Å². The van der Waals surface area contributed by atoms with Gasteiger partial charge in [0.25, 0.3) is 0 Å². The number of aromatic amines is 1. The number of fused-ring (bicyclic) bond motifs is 2. The van der Waals surface area contributed by atoms with E-state index in [4.69, 9.17) is 0 Å². The van der Waals surface area contributed by atoms with E-state index in [1.807, 2.05) is 6.20 Å². The summed E-state index contributed by atoms with van der Waals surface area (Å²) in [6, 6.07) is 15.3. The SMILES string of the molecule is CC(C)c1cc2cc3[nH]ncc3cc2n1-c1ccc(P)cc1. The van der Waals surface area contributed by atoms with Crippen LogP contribution in [0.15, 0.2) is 48.7 Å². The van der Waals surface area contributed by atoms with Crippen LogP contribution in [0.25, 0.3) is 27.5 Å². The molecule has 0 fully saturated rings. The summed E-state index contributed by atoms with van der Waals surface area (Å²) in [5.74, 6) is 0.458. The molecule has 22 heavy (non-hydrogen) atoms. The fourth-order valence-corrected chi connectivity index (χ4v) is 3.20. The zero-order valence-corrected chi connectivity index (χ0v) is 13.8. The number of H-pyrrole nitrogens is 1. The minimum atomic E-state index is 0.458.